The summed E-state index contributed by atoms with van der Waals surface area (Å²) >= 11 is 0. The Morgan fingerprint density at radius 1 is 1.60 bits per heavy atom. The van der Waals surface area contributed by atoms with E-state index in [1.165, 1.54) is 5.56 Å². The van der Waals surface area contributed by atoms with Crippen molar-refractivity contribution in [1.29, 1.82) is 0 Å². The van der Waals surface area contributed by atoms with Crippen molar-refractivity contribution in [3.63, 3.8) is 0 Å². The van der Waals surface area contributed by atoms with Gasteiger partial charge in [-0.2, -0.15) is 0 Å². The van der Waals surface area contributed by atoms with Crippen LogP contribution in [0.3, 0.4) is 0 Å². The Hall–Kier alpha value is -1.95. The smallest absolute Gasteiger partial charge is 0.296 e. The van der Waals surface area contributed by atoms with E-state index in [0.29, 0.717) is 0 Å². The summed E-state index contributed by atoms with van der Waals surface area (Å²) in [6.45, 7) is 0. The third-order valence-electron chi connectivity index (χ3n) is 2.68. The molecule has 1 atom stereocenters. The van der Waals surface area contributed by atoms with Crippen LogP contribution in [0.15, 0.2) is 18.2 Å². The molecule has 0 radical (unpaired) electrons. The van der Waals surface area contributed by atoms with Crippen molar-refractivity contribution in [2.24, 2.45) is 0 Å². The number of hydrogen-bond donors (Lipinski definition) is 2. The highest BCUT2D eigenvalue weighted by molar-refractivity contribution is 5.93. The first-order chi connectivity index (χ1) is 7.20. The second-order valence-electron chi connectivity index (χ2n) is 3.67. The molecule has 15 heavy (non-hydrogen) atoms. The van der Waals surface area contributed by atoms with Gasteiger partial charge in [-0.25, -0.2) is 0 Å². The fraction of sp³-hybridized carbons (Fsp3) is 0.250. The molecule has 76 valence electrons. The average Bonchev–Trinajstić information content (AvgIpc) is 2.60. The maximum Gasteiger partial charge on any atom is 0.296 e. The molecule has 2 rings (SSSR count). The van der Waals surface area contributed by atoms with Crippen LogP contribution in [-0.2, 0) is 11.2 Å². The summed E-state index contributed by atoms with van der Waals surface area (Å²) in [5.74, 6) is 1.70. The van der Waals surface area contributed by atoms with Gasteiger partial charge in [0.2, 0.25) is 0 Å². The van der Waals surface area contributed by atoms with Gasteiger partial charge in [0, 0.05) is 5.69 Å². The number of nitrogens with two attached hydrogens (primary N) is 1. The highest BCUT2D eigenvalue weighted by Crippen LogP contribution is 2.32. The summed E-state index contributed by atoms with van der Waals surface area (Å²) in [6, 6.07) is 5.81. The van der Waals surface area contributed by atoms with E-state index in [-0.39, 0.29) is 11.9 Å². The van der Waals surface area contributed by atoms with E-state index < -0.39 is 0 Å². The van der Waals surface area contributed by atoms with Crippen molar-refractivity contribution >= 4 is 11.6 Å². The molecule has 0 saturated heterocycles. The molecule has 0 spiro atoms. The fourth-order valence-electron chi connectivity index (χ4n) is 1.99. The topological polar surface area (TPSA) is 55.1 Å². The quantitative estimate of drug-likeness (QED) is 0.525. The van der Waals surface area contributed by atoms with Crippen LogP contribution in [0.2, 0.25) is 0 Å². The summed E-state index contributed by atoms with van der Waals surface area (Å²) < 4.78 is 0. The SMILES string of the molecule is C#CC(=O)NC1CCc2cc(N)ccc21. The zero-order valence-corrected chi connectivity index (χ0v) is 8.29. The molecule has 0 fully saturated rings. The number of terminal acetylenes is 1. The number of rotatable bonds is 1. The average molecular weight is 200 g/mol. The van der Waals surface area contributed by atoms with Crippen LogP contribution in [0.25, 0.3) is 0 Å². The Labute approximate surface area is 88.7 Å². The molecule has 1 unspecified atom stereocenters. The lowest BCUT2D eigenvalue weighted by Crippen LogP contribution is -2.25. The lowest BCUT2D eigenvalue weighted by Gasteiger charge is -2.11. The highest BCUT2D eigenvalue weighted by atomic mass is 16.1. The molecular formula is C12H12N2O. The van der Waals surface area contributed by atoms with Crippen LogP contribution in [0.1, 0.15) is 23.6 Å². The van der Waals surface area contributed by atoms with E-state index in [1.807, 2.05) is 18.2 Å². The van der Waals surface area contributed by atoms with Crippen LogP contribution < -0.4 is 11.1 Å². The number of benzene rings is 1. The summed E-state index contributed by atoms with van der Waals surface area (Å²) in [6.07, 6.45) is 6.85. The zero-order valence-electron chi connectivity index (χ0n) is 8.29. The van der Waals surface area contributed by atoms with Gasteiger partial charge >= 0.3 is 0 Å². The van der Waals surface area contributed by atoms with Crippen LogP contribution in [0.5, 0.6) is 0 Å². The summed E-state index contributed by atoms with van der Waals surface area (Å²) in [5, 5.41) is 2.79. The number of hydrogen-bond acceptors (Lipinski definition) is 2. The molecule has 0 saturated carbocycles. The minimum Gasteiger partial charge on any atom is -0.399 e. The van der Waals surface area contributed by atoms with Gasteiger partial charge in [0.05, 0.1) is 6.04 Å². The predicted octanol–water partition coefficient (Wildman–Crippen LogP) is 1.01. The van der Waals surface area contributed by atoms with E-state index in [0.717, 1.165) is 24.1 Å². The number of anilines is 1. The molecule has 0 aromatic heterocycles. The molecule has 3 N–H and O–H groups in total. The number of carbonyl (C=O) groups excluding carboxylic acids is 1. The van der Waals surface area contributed by atoms with Crippen molar-refractivity contribution < 1.29 is 4.79 Å². The van der Waals surface area contributed by atoms with Gasteiger partial charge in [-0.3, -0.25) is 4.79 Å². The third kappa shape index (κ3) is 1.79. The minimum atomic E-state index is -0.357. The van der Waals surface area contributed by atoms with Gasteiger partial charge in [-0.15, -0.1) is 6.42 Å². The largest absolute Gasteiger partial charge is 0.399 e. The maximum atomic E-state index is 11.1. The van der Waals surface area contributed by atoms with Gasteiger partial charge in [0.1, 0.15) is 0 Å². The van der Waals surface area contributed by atoms with Crippen LogP contribution in [0.4, 0.5) is 5.69 Å². The van der Waals surface area contributed by atoms with Gasteiger partial charge in [-0.05, 0) is 42.0 Å². The lowest BCUT2D eigenvalue weighted by atomic mass is 10.1. The first-order valence-electron chi connectivity index (χ1n) is 4.86. The highest BCUT2D eigenvalue weighted by Gasteiger charge is 2.23. The molecular weight excluding hydrogens is 188 g/mol. The Morgan fingerprint density at radius 3 is 3.13 bits per heavy atom. The lowest BCUT2D eigenvalue weighted by molar-refractivity contribution is -0.116. The number of nitrogens with one attached hydrogen (secondary N) is 1. The maximum absolute atomic E-state index is 11.1. The molecule has 1 aliphatic carbocycles. The Balaban J connectivity index is 2.22. The molecule has 3 heteroatoms. The van der Waals surface area contributed by atoms with Crippen molar-refractivity contribution in [3.8, 4) is 12.3 Å². The first-order valence-corrected chi connectivity index (χ1v) is 4.86. The number of aryl methyl sites for hydroxylation is 1. The number of carbonyl (C=O) groups is 1. The molecule has 1 aromatic carbocycles. The monoisotopic (exact) mass is 200 g/mol. The molecule has 3 nitrogen and oxygen atoms in total. The second-order valence-corrected chi connectivity index (χ2v) is 3.67. The van der Waals surface area contributed by atoms with Crippen molar-refractivity contribution in [2.75, 3.05) is 5.73 Å². The summed E-state index contributed by atoms with van der Waals surface area (Å²) in [7, 11) is 0. The molecule has 1 aromatic rings. The number of nitrogen functional groups attached to an aromatic ring is 1. The molecule has 0 aliphatic heterocycles. The second kappa shape index (κ2) is 3.66. The number of fused-ring (bicyclic) bond motifs is 1. The van der Waals surface area contributed by atoms with Crippen molar-refractivity contribution in [2.45, 2.75) is 18.9 Å². The Bertz CT molecular complexity index is 445. The van der Waals surface area contributed by atoms with E-state index in [1.54, 1.807) is 0 Å². The standard InChI is InChI=1S/C12H12N2O/c1-2-12(15)14-11-6-3-8-7-9(13)4-5-10(8)11/h1,4-5,7,11H,3,6,13H2,(H,14,15). The predicted molar refractivity (Wildman–Crippen MR) is 58.9 cm³/mol. The molecule has 0 bridgehead atoms. The number of amides is 1. The van der Waals surface area contributed by atoms with Gasteiger partial charge in [-0.1, -0.05) is 6.07 Å². The van der Waals surface area contributed by atoms with Crippen molar-refractivity contribution in [3.05, 3.63) is 29.3 Å². The molecule has 0 heterocycles. The third-order valence-corrected chi connectivity index (χ3v) is 2.68. The minimum absolute atomic E-state index is 0.0455. The van der Waals surface area contributed by atoms with E-state index >= 15 is 0 Å². The van der Waals surface area contributed by atoms with Gasteiger partial charge < -0.3 is 11.1 Å². The normalized spacial score (nSPS) is 17.9. The van der Waals surface area contributed by atoms with E-state index in [4.69, 9.17) is 12.2 Å². The fourth-order valence-corrected chi connectivity index (χ4v) is 1.99. The van der Waals surface area contributed by atoms with Crippen LogP contribution in [-0.4, -0.2) is 5.91 Å². The summed E-state index contributed by atoms with van der Waals surface area (Å²) in [4.78, 5) is 11.1. The first kappa shape index (κ1) is 9.60. The molecule has 1 amide bonds. The van der Waals surface area contributed by atoms with E-state index in [9.17, 15) is 4.79 Å². The van der Waals surface area contributed by atoms with E-state index in [2.05, 4.69) is 11.2 Å². The zero-order chi connectivity index (χ0) is 10.8. The summed E-state index contributed by atoms with van der Waals surface area (Å²) in [5.41, 5.74) is 8.78. The molecule has 1 aliphatic rings. The van der Waals surface area contributed by atoms with Crippen LogP contribution in [0, 0.1) is 12.3 Å². The van der Waals surface area contributed by atoms with Gasteiger partial charge in [0.15, 0.2) is 0 Å². The van der Waals surface area contributed by atoms with Gasteiger partial charge in [0.25, 0.3) is 5.91 Å². The Morgan fingerprint density at radius 2 is 2.40 bits per heavy atom. The van der Waals surface area contributed by atoms with Crippen molar-refractivity contribution in [1.82, 2.24) is 5.32 Å². The van der Waals surface area contributed by atoms with Crippen LogP contribution >= 0.6 is 0 Å². The Kier molecular flexibility index (Phi) is 2.34.